The van der Waals surface area contributed by atoms with Gasteiger partial charge in [-0.25, -0.2) is 13.1 Å². The molecule has 0 aromatic heterocycles. The maximum Gasteiger partial charge on any atom is 0.241 e. The molecule has 1 amide bonds. The lowest BCUT2D eigenvalue weighted by molar-refractivity contribution is -0.123. The lowest BCUT2D eigenvalue weighted by Gasteiger charge is -2.22. The summed E-state index contributed by atoms with van der Waals surface area (Å²) in [5.41, 5.74) is 5.72. The number of nitrogens with two attached hydrogens (primary N) is 1. The van der Waals surface area contributed by atoms with E-state index in [1.807, 2.05) is 13.8 Å². The van der Waals surface area contributed by atoms with Crippen LogP contribution in [0.15, 0.2) is 29.2 Å². The number of halogens is 1. The van der Waals surface area contributed by atoms with Crippen LogP contribution < -0.4 is 15.8 Å². The van der Waals surface area contributed by atoms with Crippen molar-refractivity contribution >= 4 is 28.3 Å². The van der Waals surface area contributed by atoms with Crippen molar-refractivity contribution in [2.24, 2.45) is 11.7 Å². The van der Waals surface area contributed by atoms with Gasteiger partial charge in [0.15, 0.2) is 0 Å². The zero-order valence-electron chi connectivity index (χ0n) is 14.8. The Hall–Kier alpha value is -1.15. The zero-order chi connectivity index (χ0) is 17.8. The topological polar surface area (TPSA) is 101 Å². The summed E-state index contributed by atoms with van der Waals surface area (Å²) in [4.78, 5) is 12.1. The smallest absolute Gasteiger partial charge is 0.241 e. The molecular weight excluding hydrogens is 350 g/mol. The fourth-order valence-corrected chi connectivity index (χ4v) is 3.63. The molecule has 0 aliphatic heterocycles. The van der Waals surface area contributed by atoms with Crippen LogP contribution >= 0.6 is 12.4 Å². The van der Waals surface area contributed by atoms with E-state index in [1.54, 1.807) is 39.0 Å². The number of hydrogen-bond donors (Lipinski definition) is 3. The number of nitrogens with one attached hydrogen (secondary N) is 2. The summed E-state index contributed by atoms with van der Waals surface area (Å²) in [6.45, 7) is 9.15. The van der Waals surface area contributed by atoms with Crippen LogP contribution in [-0.2, 0) is 21.4 Å². The Bertz CT molecular complexity index is 655. The molecule has 138 valence electrons. The molecule has 1 atom stereocenters. The number of benzene rings is 1. The highest BCUT2D eigenvalue weighted by molar-refractivity contribution is 7.89. The molecule has 4 N–H and O–H groups in total. The van der Waals surface area contributed by atoms with Gasteiger partial charge < -0.3 is 11.1 Å². The van der Waals surface area contributed by atoms with Gasteiger partial charge >= 0.3 is 0 Å². The first-order valence-electron chi connectivity index (χ1n) is 7.59. The van der Waals surface area contributed by atoms with Gasteiger partial charge in [-0.1, -0.05) is 32.0 Å². The molecule has 1 rings (SSSR count). The minimum Gasteiger partial charge on any atom is -0.351 e. The minimum absolute atomic E-state index is 0. The molecular formula is C16H28ClN3O3S. The third-order valence-electron chi connectivity index (χ3n) is 3.18. The maximum absolute atomic E-state index is 12.5. The summed E-state index contributed by atoms with van der Waals surface area (Å²) in [5, 5.41) is 2.70. The highest BCUT2D eigenvalue weighted by atomic mass is 35.5. The Balaban J connectivity index is 0.00000529. The van der Waals surface area contributed by atoms with Crippen molar-refractivity contribution in [2.75, 3.05) is 0 Å². The second-order valence-electron chi connectivity index (χ2n) is 6.95. The van der Waals surface area contributed by atoms with Crippen LogP contribution in [0.4, 0.5) is 0 Å². The molecule has 1 aromatic rings. The summed E-state index contributed by atoms with van der Waals surface area (Å²) >= 11 is 0. The van der Waals surface area contributed by atoms with Crippen LogP contribution in [-0.4, -0.2) is 25.9 Å². The molecule has 0 bridgehead atoms. The van der Waals surface area contributed by atoms with Crippen LogP contribution in [0, 0.1) is 5.92 Å². The molecule has 0 unspecified atom stereocenters. The third kappa shape index (κ3) is 6.76. The van der Waals surface area contributed by atoms with Crippen molar-refractivity contribution in [1.29, 1.82) is 0 Å². The Morgan fingerprint density at radius 1 is 1.21 bits per heavy atom. The second kappa shape index (κ2) is 8.80. The van der Waals surface area contributed by atoms with Crippen molar-refractivity contribution in [2.45, 2.75) is 57.6 Å². The SMILES string of the molecule is CC(C)[C@H](N)C(=O)NCc1ccccc1S(=O)(=O)NC(C)(C)C.Cl. The first kappa shape index (κ1) is 22.9. The zero-order valence-corrected chi connectivity index (χ0v) is 16.4. The summed E-state index contributed by atoms with van der Waals surface area (Å²) in [6, 6.07) is 5.98. The van der Waals surface area contributed by atoms with E-state index in [2.05, 4.69) is 10.0 Å². The van der Waals surface area contributed by atoms with Crippen molar-refractivity contribution < 1.29 is 13.2 Å². The molecule has 0 aliphatic rings. The molecule has 8 heteroatoms. The fraction of sp³-hybridized carbons (Fsp3) is 0.562. The highest BCUT2D eigenvalue weighted by Crippen LogP contribution is 2.17. The number of carbonyl (C=O) groups is 1. The van der Waals surface area contributed by atoms with E-state index < -0.39 is 21.6 Å². The van der Waals surface area contributed by atoms with Gasteiger partial charge in [0.05, 0.1) is 10.9 Å². The summed E-state index contributed by atoms with van der Waals surface area (Å²) in [5.74, 6) is -0.285. The van der Waals surface area contributed by atoms with Gasteiger partial charge in [0.1, 0.15) is 0 Å². The second-order valence-corrected chi connectivity index (χ2v) is 8.60. The molecule has 0 spiro atoms. The predicted molar refractivity (Wildman–Crippen MR) is 98.4 cm³/mol. The quantitative estimate of drug-likeness (QED) is 0.703. The van der Waals surface area contributed by atoms with E-state index in [0.29, 0.717) is 5.56 Å². The van der Waals surface area contributed by atoms with E-state index in [9.17, 15) is 13.2 Å². The Morgan fingerprint density at radius 3 is 2.25 bits per heavy atom. The van der Waals surface area contributed by atoms with Gasteiger partial charge in [0.25, 0.3) is 0 Å². The van der Waals surface area contributed by atoms with Crippen LogP contribution in [0.5, 0.6) is 0 Å². The van der Waals surface area contributed by atoms with Crippen LogP contribution in [0.25, 0.3) is 0 Å². The normalized spacial score (nSPS) is 13.3. The van der Waals surface area contributed by atoms with Gasteiger partial charge in [-0.05, 0) is 38.3 Å². The molecule has 1 aromatic carbocycles. The van der Waals surface area contributed by atoms with Crippen LogP contribution in [0.1, 0.15) is 40.2 Å². The van der Waals surface area contributed by atoms with Gasteiger partial charge in [-0.15, -0.1) is 12.4 Å². The fourth-order valence-electron chi connectivity index (χ4n) is 1.97. The first-order valence-corrected chi connectivity index (χ1v) is 9.07. The lowest BCUT2D eigenvalue weighted by atomic mass is 10.0. The van der Waals surface area contributed by atoms with E-state index >= 15 is 0 Å². The molecule has 0 saturated heterocycles. The molecule has 0 radical (unpaired) electrons. The highest BCUT2D eigenvalue weighted by Gasteiger charge is 2.24. The molecule has 0 heterocycles. The van der Waals surface area contributed by atoms with Crippen LogP contribution in [0.3, 0.4) is 0 Å². The van der Waals surface area contributed by atoms with Gasteiger partial charge in [0.2, 0.25) is 15.9 Å². The summed E-state index contributed by atoms with van der Waals surface area (Å²) < 4.78 is 27.6. The average molecular weight is 378 g/mol. The van der Waals surface area contributed by atoms with Crippen LogP contribution in [0.2, 0.25) is 0 Å². The van der Waals surface area contributed by atoms with E-state index in [-0.39, 0.29) is 35.7 Å². The number of rotatable bonds is 6. The molecule has 0 aliphatic carbocycles. The van der Waals surface area contributed by atoms with Crippen molar-refractivity contribution in [3.05, 3.63) is 29.8 Å². The number of hydrogen-bond acceptors (Lipinski definition) is 4. The summed E-state index contributed by atoms with van der Waals surface area (Å²) in [6.07, 6.45) is 0. The van der Waals surface area contributed by atoms with E-state index in [1.165, 1.54) is 6.07 Å². The van der Waals surface area contributed by atoms with E-state index in [0.717, 1.165) is 0 Å². The van der Waals surface area contributed by atoms with Crippen molar-refractivity contribution in [3.8, 4) is 0 Å². The van der Waals surface area contributed by atoms with Crippen molar-refractivity contribution in [1.82, 2.24) is 10.0 Å². The maximum atomic E-state index is 12.5. The van der Waals surface area contributed by atoms with Gasteiger partial charge in [0, 0.05) is 12.1 Å². The number of carbonyl (C=O) groups excluding carboxylic acids is 1. The molecule has 24 heavy (non-hydrogen) atoms. The van der Waals surface area contributed by atoms with Crippen molar-refractivity contribution in [3.63, 3.8) is 0 Å². The minimum atomic E-state index is -3.67. The number of amides is 1. The predicted octanol–water partition coefficient (Wildman–Crippen LogP) is 1.78. The first-order chi connectivity index (χ1) is 10.4. The Kier molecular flexibility index (Phi) is 8.38. The average Bonchev–Trinajstić information content (AvgIpc) is 2.41. The summed E-state index contributed by atoms with van der Waals surface area (Å²) in [7, 11) is -3.67. The standard InChI is InChI=1S/C16H27N3O3S.ClH/c1-11(2)14(17)15(20)18-10-12-8-6-7-9-13(12)23(21,22)19-16(3,4)5;/h6-9,11,14,19H,10,17H2,1-5H3,(H,18,20);1H/t14-;/m0./s1. The number of sulfonamides is 1. The van der Waals surface area contributed by atoms with E-state index in [4.69, 9.17) is 5.73 Å². The molecule has 0 fully saturated rings. The molecule has 6 nitrogen and oxygen atoms in total. The Morgan fingerprint density at radius 2 is 1.75 bits per heavy atom. The third-order valence-corrected chi connectivity index (χ3v) is 5.04. The Labute approximate surface area is 151 Å². The monoisotopic (exact) mass is 377 g/mol. The molecule has 0 saturated carbocycles. The van der Waals surface area contributed by atoms with Gasteiger partial charge in [-0.2, -0.15) is 0 Å². The largest absolute Gasteiger partial charge is 0.351 e. The van der Waals surface area contributed by atoms with Gasteiger partial charge in [-0.3, -0.25) is 4.79 Å². The lowest BCUT2D eigenvalue weighted by Crippen LogP contribution is -2.44.